The largest absolute Gasteiger partial charge is 0.309 e. The van der Waals surface area contributed by atoms with Gasteiger partial charge in [0, 0.05) is 11.0 Å². The van der Waals surface area contributed by atoms with Crippen molar-refractivity contribution < 1.29 is 13.6 Å². The van der Waals surface area contributed by atoms with Crippen molar-refractivity contribution in [2.45, 2.75) is 24.5 Å². The molecule has 0 aliphatic rings. The molecule has 0 saturated carbocycles. The van der Waals surface area contributed by atoms with Crippen LogP contribution >= 0.6 is 23.1 Å². The van der Waals surface area contributed by atoms with Crippen LogP contribution in [-0.4, -0.2) is 15.8 Å². The van der Waals surface area contributed by atoms with Gasteiger partial charge in [-0.15, -0.1) is 23.1 Å². The lowest BCUT2D eigenvalue weighted by molar-refractivity contribution is 0.102. The number of hydrogen-bond donors (Lipinski definition) is 1. The van der Waals surface area contributed by atoms with Gasteiger partial charge in [0.05, 0.1) is 16.0 Å². The number of fused-ring (bicyclic) bond motifs is 1. The van der Waals surface area contributed by atoms with Gasteiger partial charge in [-0.25, -0.2) is 13.8 Å². The molecule has 0 spiro atoms. The van der Waals surface area contributed by atoms with Gasteiger partial charge in [-0.2, -0.15) is 0 Å². The number of aromatic amines is 1. The average Bonchev–Trinajstić information content (AvgIpc) is 2.84. The van der Waals surface area contributed by atoms with Crippen LogP contribution < -0.4 is 5.56 Å². The van der Waals surface area contributed by atoms with Crippen molar-refractivity contribution in [3.05, 3.63) is 56.5 Å². The number of H-pyrrole nitrogens is 1. The molecule has 0 saturated heterocycles. The molecule has 1 aromatic carbocycles. The molecule has 0 atom stereocenters. The number of carbonyl (C=O) groups is 1. The molecule has 3 rings (SSSR count). The fourth-order valence-electron chi connectivity index (χ4n) is 2.33. The van der Waals surface area contributed by atoms with Gasteiger partial charge in [0.15, 0.2) is 5.78 Å². The summed E-state index contributed by atoms with van der Waals surface area (Å²) in [5.74, 6) is -0.818. The second-order valence-electron chi connectivity index (χ2n) is 5.17. The summed E-state index contributed by atoms with van der Waals surface area (Å²) in [5.41, 5.74) is 0.302. The predicted octanol–water partition coefficient (Wildman–Crippen LogP) is 4.07. The van der Waals surface area contributed by atoms with Gasteiger partial charge in [0.25, 0.3) is 5.56 Å². The molecular weight excluding hydrogens is 354 g/mol. The zero-order chi connectivity index (χ0) is 17.4. The van der Waals surface area contributed by atoms with Gasteiger partial charge >= 0.3 is 0 Å². The lowest BCUT2D eigenvalue weighted by Gasteiger charge is -2.03. The van der Waals surface area contributed by atoms with Crippen LogP contribution in [0, 0.1) is 18.6 Å². The minimum Gasteiger partial charge on any atom is -0.309 e. The molecule has 4 nitrogen and oxygen atoms in total. The summed E-state index contributed by atoms with van der Waals surface area (Å²) in [6.07, 6.45) is 0. The van der Waals surface area contributed by atoms with Crippen molar-refractivity contribution in [3.8, 4) is 0 Å². The van der Waals surface area contributed by atoms with E-state index in [4.69, 9.17) is 0 Å². The lowest BCUT2D eigenvalue weighted by atomic mass is 10.2. The van der Waals surface area contributed by atoms with E-state index in [0.717, 1.165) is 17.8 Å². The first-order chi connectivity index (χ1) is 11.4. The maximum Gasteiger partial charge on any atom is 0.259 e. The molecule has 1 N–H and O–H groups in total. The van der Waals surface area contributed by atoms with Crippen LogP contribution in [0.15, 0.2) is 27.9 Å². The smallest absolute Gasteiger partial charge is 0.259 e. The molecule has 8 heteroatoms. The second kappa shape index (κ2) is 6.45. The van der Waals surface area contributed by atoms with E-state index in [2.05, 4.69) is 9.97 Å². The van der Waals surface area contributed by atoms with Gasteiger partial charge in [0.2, 0.25) is 0 Å². The fourth-order valence-corrected chi connectivity index (χ4v) is 4.22. The number of aryl methyl sites for hydroxylation is 1. The van der Waals surface area contributed by atoms with Gasteiger partial charge in [0.1, 0.15) is 22.3 Å². The maximum absolute atomic E-state index is 13.6. The van der Waals surface area contributed by atoms with Crippen LogP contribution in [0.2, 0.25) is 0 Å². The van der Waals surface area contributed by atoms with E-state index in [1.54, 1.807) is 6.92 Å². The highest BCUT2D eigenvalue weighted by atomic mass is 32.2. The Bertz CT molecular complexity index is 1010. The number of carbonyl (C=O) groups excluding carboxylic acids is 1. The molecule has 0 aliphatic heterocycles. The number of nitrogens with one attached hydrogen (secondary N) is 1. The third-order valence-electron chi connectivity index (χ3n) is 3.43. The number of rotatable bonds is 4. The van der Waals surface area contributed by atoms with Crippen LogP contribution in [0.3, 0.4) is 0 Å². The van der Waals surface area contributed by atoms with E-state index >= 15 is 0 Å². The number of halogens is 2. The molecule has 0 amide bonds. The van der Waals surface area contributed by atoms with Crippen LogP contribution in [0.4, 0.5) is 8.78 Å². The van der Waals surface area contributed by atoms with E-state index in [0.29, 0.717) is 26.5 Å². The molecule has 24 heavy (non-hydrogen) atoms. The van der Waals surface area contributed by atoms with Crippen molar-refractivity contribution in [2.75, 3.05) is 0 Å². The van der Waals surface area contributed by atoms with E-state index in [-0.39, 0.29) is 22.0 Å². The monoisotopic (exact) mass is 366 g/mol. The van der Waals surface area contributed by atoms with Crippen LogP contribution in [0.25, 0.3) is 10.2 Å². The Kier molecular flexibility index (Phi) is 4.51. The van der Waals surface area contributed by atoms with E-state index in [1.807, 2.05) is 0 Å². The van der Waals surface area contributed by atoms with Crippen LogP contribution in [0.1, 0.15) is 28.0 Å². The molecule has 2 heterocycles. The van der Waals surface area contributed by atoms with Crippen molar-refractivity contribution in [2.24, 2.45) is 0 Å². The molecule has 2 aromatic heterocycles. The molecule has 0 fully saturated rings. The number of Topliss-reactive ketones (excluding diaryl/α,β-unsaturated/α-hetero) is 1. The predicted molar refractivity (Wildman–Crippen MR) is 90.9 cm³/mol. The number of hydrogen-bond acceptors (Lipinski definition) is 5. The summed E-state index contributed by atoms with van der Waals surface area (Å²) in [7, 11) is 0. The van der Waals surface area contributed by atoms with Crippen molar-refractivity contribution in [3.63, 3.8) is 0 Å². The SMILES string of the molecule is CC(=O)c1sc2nc(CSc3ccc(F)cc3F)[nH]c(=O)c2c1C. The number of aromatic nitrogens is 2. The third kappa shape index (κ3) is 3.11. The van der Waals surface area contributed by atoms with Gasteiger partial charge < -0.3 is 4.98 Å². The number of benzene rings is 1. The number of ketones is 1. The highest BCUT2D eigenvalue weighted by molar-refractivity contribution is 7.98. The van der Waals surface area contributed by atoms with Crippen LogP contribution in [0.5, 0.6) is 0 Å². The zero-order valence-electron chi connectivity index (χ0n) is 12.8. The molecular formula is C16H12F2N2O2S2. The molecule has 124 valence electrons. The van der Waals surface area contributed by atoms with E-state index < -0.39 is 11.6 Å². The minimum absolute atomic E-state index is 0.112. The van der Waals surface area contributed by atoms with Crippen molar-refractivity contribution in [1.82, 2.24) is 9.97 Å². The lowest BCUT2D eigenvalue weighted by Crippen LogP contribution is -2.11. The minimum atomic E-state index is -0.658. The standard InChI is InChI=1S/C16H12F2N2O2S2/c1-7-13-15(22)19-12(20-16(13)24-14(7)8(2)21)6-23-11-4-3-9(17)5-10(11)18/h3-5H,6H2,1-2H3,(H,19,20,22). The molecule has 0 bridgehead atoms. The number of nitrogens with zero attached hydrogens (tertiary/aromatic N) is 1. The Morgan fingerprint density at radius 1 is 1.38 bits per heavy atom. The first-order valence-corrected chi connectivity index (χ1v) is 8.78. The van der Waals surface area contributed by atoms with E-state index in [1.165, 1.54) is 30.4 Å². The first kappa shape index (κ1) is 16.8. The average molecular weight is 366 g/mol. The van der Waals surface area contributed by atoms with Gasteiger partial charge in [-0.05, 0) is 31.5 Å². The normalized spacial score (nSPS) is 11.2. The Morgan fingerprint density at radius 3 is 2.79 bits per heavy atom. The molecule has 0 aliphatic carbocycles. The number of thioether (sulfide) groups is 1. The molecule has 0 radical (unpaired) electrons. The van der Waals surface area contributed by atoms with Gasteiger partial charge in [-0.1, -0.05) is 0 Å². The Hall–Kier alpha value is -2.06. The summed E-state index contributed by atoms with van der Waals surface area (Å²) in [4.78, 5) is 32.1. The molecule has 0 unspecified atom stereocenters. The highest BCUT2D eigenvalue weighted by Gasteiger charge is 2.17. The topological polar surface area (TPSA) is 62.8 Å². The summed E-state index contributed by atoms with van der Waals surface area (Å²) >= 11 is 2.28. The van der Waals surface area contributed by atoms with Crippen LogP contribution in [-0.2, 0) is 5.75 Å². The van der Waals surface area contributed by atoms with E-state index in [9.17, 15) is 18.4 Å². The Morgan fingerprint density at radius 2 is 2.12 bits per heavy atom. The summed E-state index contributed by atoms with van der Waals surface area (Å²) < 4.78 is 26.6. The Labute approximate surface area is 143 Å². The molecule has 3 aromatic rings. The van der Waals surface area contributed by atoms with Crippen molar-refractivity contribution in [1.29, 1.82) is 0 Å². The summed E-state index contributed by atoms with van der Waals surface area (Å²) in [5, 5.41) is 0.409. The third-order valence-corrected chi connectivity index (χ3v) is 5.77. The first-order valence-electron chi connectivity index (χ1n) is 6.98. The Balaban J connectivity index is 1.93. The summed E-state index contributed by atoms with van der Waals surface area (Å²) in [6, 6.07) is 3.32. The second-order valence-corrected chi connectivity index (χ2v) is 7.18. The highest BCUT2D eigenvalue weighted by Crippen LogP contribution is 2.29. The number of thiophene rings is 1. The van der Waals surface area contributed by atoms with Gasteiger partial charge in [-0.3, -0.25) is 9.59 Å². The maximum atomic E-state index is 13.6. The van der Waals surface area contributed by atoms with Crippen molar-refractivity contribution >= 4 is 39.1 Å². The zero-order valence-corrected chi connectivity index (χ0v) is 14.4. The quantitative estimate of drug-likeness (QED) is 0.559. The summed E-state index contributed by atoms with van der Waals surface area (Å²) in [6.45, 7) is 3.16. The fraction of sp³-hybridized carbons (Fsp3) is 0.188.